The molecule has 2 nitrogen and oxygen atoms in total. The summed E-state index contributed by atoms with van der Waals surface area (Å²) in [6.07, 6.45) is 10.6. The maximum absolute atomic E-state index is 9.45. The lowest BCUT2D eigenvalue weighted by molar-refractivity contribution is 0.259. The van der Waals surface area contributed by atoms with Crippen LogP contribution in [0.1, 0.15) is 83.1 Å². The average Bonchev–Trinajstić information content (AvgIpc) is 2.81. The van der Waals surface area contributed by atoms with Gasteiger partial charge in [0.05, 0.1) is 12.7 Å². The van der Waals surface area contributed by atoms with Crippen LogP contribution < -0.4 is 4.74 Å². The molecule has 2 heteroatoms. The van der Waals surface area contributed by atoms with Crippen LogP contribution >= 0.6 is 0 Å². The van der Waals surface area contributed by atoms with Gasteiger partial charge >= 0.3 is 0 Å². The molecule has 0 amide bonds. The predicted octanol–water partition coefficient (Wildman–Crippen LogP) is 8.14. The Hall–Kier alpha value is -2.27. The second kappa shape index (κ2) is 11.8. The first-order chi connectivity index (χ1) is 14.7. The van der Waals surface area contributed by atoms with E-state index in [9.17, 15) is 5.26 Å². The van der Waals surface area contributed by atoms with Crippen molar-refractivity contribution >= 4 is 0 Å². The third-order valence-corrected chi connectivity index (χ3v) is 6.69. The van der Waals surface area contributed by atoms with Crippen LogP contribution in [0.15, 0.2) is 48.5 Å². The zero-order chi connectivity index (χ0) is 21.2. The number of nitrogens with zero attached hydrogens (tertiary/aromatic N) is 1. The number of unbranched alkanes of at least 4 members (excludes halogenated alkanes) is 2. The van der Waals surface area contributed by atoms with Gasteiger partial charge in [-0.15, -0.1) is 0 Å². The summed E-state index contributed by atoms with van der Waals surface area (Å²) in [4.78, 5) is 0. The van der Waals surface area contributed by atoms with Crippen LogP contribution in [0.25, 0.3) is 11.1 Å². The van der Waals surface area contributed by atoms with Gasteiger partial charge in [0.25, 0.3) is 0 Å². The highest BCUT2D eigenvalue weighted by Crippen LogP contribution is 2.40. The topological polar surface area (TPSA) is 33.0 Å². The molecule has 2 aromatic carbocycles. The molecular weight excluding hydrogens is 366 g/mol. The van der Waals surface area contributed by atoms with Crippen molar-refractivity contribution < 1.29 is 4.74 Å². The lowest BCUT2D eigenvalue weighted by Crippen LogP contribution is -2.20. The van der Waals surface area contributed by atoms with E-state index in [1.807, 2.05) is 0 Å². The van der Waals surface area contributed by atoms with Crippen LogP contribution in [0.5, 0.6) is 5.75 Å². The number of ether oxygens (including phenoxy) is 1. The highest BCUT2D eigenvalue weighted by atomic mass is 16.5. The number of hydrogen-bond acceptors (Lipinski definition) is 2. The quantitative estimate of drug-likeness (QED) is 0.375. The molecule has 0 aromatic heterocycles. The van der Waals surface area contributed by atoms with Crippen molar-refractivity contribution in [3.8, 4) is 22.9 Å². The van der Waals surface area contributed by atoms with Crippen molar-refractivity contribution in [2.45, 2.75) is 77.6 Å². The molecule has 0 spiro atoms. The van der Waals surface area contributed by atoms with Crippen molar-refractivity contribution in [3.05, 3.63) is 54.1 Å². The smallest absolute Gasteiger partial charge is 0.119 e. The molecule has 1 atom stereocenters. The molecule has 160 valence electrons. The third-order valence-electron chi connectivity index (χ3n) is 6.69. The lowest BCUT2D eigenvalue weighted by Gasteiger charge is -2.31. The van der Waals surface area contributed by atoms with Crippen LogP contribution in [0, 0.1) is 23.2 Å². The molecule has 0 N–H and O–H groups in total. The fourth-order valence-electron chi connectivity index (χ4n) is 4.80. The summed E-state index contributed by atoms with van der Waals surface area (Å²) in [6.45, 7) is 5.20. The largest absolute Gasteiger partial charge is 0.494 e. The molecule has 0 bridgehead atoms. The summed E-state index contributed by atoms with van der Waals surface area (Å²) in [6, 6.07) is 20.2. The first-order valence-electron chi connectivity index (χ1n) is 12.0. The van der Waals surface area contributed by atoms with Crippen LogP contribution in [-0.2, 0) is 0 Å². The fraction of sp³-hybridized carbons (Fsp3) is 0.536. The SMILES string of the molecule is CCCCCOc1ccc(-c2ccc([C@H]3CC[C@H](C(C#N)CCC)CC3)cc2)cc1. The van der Waals surface area contributed by atoms with E-state index in [-0.39, 0.29) is 5.92 Å². The number of nitriles is 1. The maximum atomic E-state index is 9.45. The first kappa shape index (κ1) is 22.4. The van der Waals surface area contributed by atoms with Gasteiger partial charge in [0.2, 0.25) is 0 Å². The Bertz CT molecular complexity index is 779. The molecule has 2 aromatic rings. The van der Waals surface area contributed by atoms with Gasteiger partial charge in [0.1, 0.15) is 5.75 Å². The van der Waals surface area contributed by atoms with Gasteiger partial charge in [-0.25, -0.2) is 0 Å². The van der Waals surface area contributed by atoms with Gasteiger partial charge in [-0.2, -0.15) is 5.26 Å². The summed E-state index contributed by atoms with van der Waals surface area (Å²) >= 11 is 0. The van der Waals surface area contributed by atoms with Crippen molar-refractivity contribution in [3.63, 3.8) is 0 Å². The molecule has 1 unspecified atom stereocenters. The summed E-state index contributed by atoms with van der Waals surface area (Å²) in [5.41, 5.74) is 3.96. The molecule has 1 fully saturated rings. The molecule has 1 aliphatic rings. The van der Waals surface area contributed by atoms with Crippen molar-refractivity contribution in [1.29, 1.82) is 5.26 Å². The van der Waals surface area contributed by atoms with E-state index in [1.165, 1.54) is 55.2 Å². The Balaban J connectivity index is 1.53. The molecule has 0 radical (unpaired) electrons. The zero-order valence-corrected chi connectivity index (χ0v) is 18.8. The maximum Gasteiger partial charge on any atom is 0.119 e. The van der Waals surface area contributed by atoms with Gasteiger partial charge in [-0.05, 0) is 79.2 Å². The Kier molecular flexibility index (Phi) is 8.81. The van der Waals surface area contributed by atoms with Gasteiger partial charge < -0.3 is 4.74 Å². The minimum Gasteiger partial charge on any atom is -0.494 e. The molecular formula is C28H37NO. The normalized spacial score (nSPS) is 19.8. The van der Waals surface area contributed by atoms with E-state index in [2.05, 4.69) is 68.4 Å². The van der Waals surface area contributed by atoms with Crippen LogP contribution in [-0.4, -0.2) is 6.61 Å². The van der Waals surface area contributed by atoms with E-state index in [0.29, 0.717) is 11.8 Å². The van der Waals surface area contributed by atoms with Crippen LogP contribution in [0.4, 0.5) is 0 Å². The summed E-state index contributed by atoms with van der Waals surface area (Å²) in [5.74, 6) is 2.47. The van der Waals surface area contributed by atoms with E-state index >= 15 is 0 Å². The van der Waals surface area contributed by atoms with Gasteiger partial charge in [-0.3, -0.25) is 0 Å². The van der Waals surface area contributed by atoms with Gasteiger partial charge in [0.15, 0.2) is 0 Å². The number of hydrogen-bond donors (Lipinski definition) is 0. The third kappa shape index (κ3) is 6.11. The molecule has 3 rings (SSSR count). The van der Waals surface area contributed by atoms with E-state index in [0.717, 1.165) is 31.6 Å². The second-order valence-corrected chi connectivity index (χ2v) is 8.84. The first-order valence-corrected chi connectivity index (χ1v) is 12.0. The average molecular weight is 404 g/mol. The zero-order valence-electron chi connectivity index (χ0n) is 18.8. The fourth-order valence-corrected chi connectivity index (χ4v) is 4.80. The minimum atomic E-state index is 0.261. The standard InChI is InChI=1S/C28H37NO/c1-3-5-6-20-30-28-18-16-25(17-19-28)24-10-8-22(9-11-24)23-12-14-26(15-13-23)27(21-29)7-4-2/h8-11,16-19,23,26-27H,3-7,12-15,20H2,1-2H3/t23-,26-,27?. The molecule has 0 saturated heterocycles. The Morgan fingerprint density at radius 3 is 2.07 bits per heavy atom. The monoisotopic (exact) mass is 403 g/mol. The molecule has 30 heavy (non-hydrogen) atoms. The van der Waals surface area contributed by atoms with Crippen LogP contribution in [0.3, 0.4) is 0 Å². The number of rotatable bonds is 10. The Morgan fingerprint density at radius 2 is 1.50 bits per heavy atom. The van der Waals surface area contributed by atoms with Gasteiger partial charge in [-0.1, -0.05) is 69.5 Å². The summed E-state index contributed by atoms with van der Waals surface area (Å²) in [7, 11) is 0. The molecule has 0 heterocycles. The lowest BCUT2D eigenvalue weighted by atomic mass is 9.73. The van der Waals surface area contributed by atoms with Gasteiger partial charge in [0, 0.05) is 5.92 Å². The van der Waals surface area contributed by atoms with Crippen molar-refractivity contribution in [2.75, 3.05) is 6.61 Å². The summed E-state index contributed by atoms with van der Waals surface area (Å²) < 4.78 is 5.83. The number of benzene rings is 2. The second-order valence-electron chi connectivity index (χ2n) is 8.84. The Morgan fingerprint density at radius 1 is 0.867 bits per heavy atom. The highest BCUT2D eigenvalue weighted by Gasteiger charge is 2.27. The highest BCUT2D eigenvalue weighted by molar-refractivity contribution is 5.64. The van der Waals surface area contributed by atoms with E-state index in [4.69, 9.17) is 4.74 Å². The van der Waals surface area contributed by atoms with Crippen molar-refractivity contribution in [2.24, 2.45) is 11.8 Å². The Labute approximate surface area is 183 Å². The van der Waals surface area contributed by atoms with E-state index < -0.39 is 0 Å². The molecule has 0 aliphatic heterocycles. The minimum absolute atomic E-state index is 0.261. The molecule has 1 saturated carbocycles. The van der Waals surface area contributed by atoms with E-state index in [1.54, 1.807) is 0 Å². The predicted molar refractivity (Wildman–Crippen MR) is 126 cm³/mol. The van der Waals surface area contributed by atoms with Crippen molar-refractivity contribution in [1.82, 2.24) is 0 Å². The summed E-state index contributed by atoms with van der Waals surface area (Å²) in [5, 5.41) is 9.45. The molecule has 1 aliphatic carbocycles. The van der Waals surface area contributed by atoms with Crippen LogP contribution in [0.2, 0.25) is 0 Å².